The lowest BCUT2D eigenvalue weighted by molar-refractivity contribution is 0.0867. The van der Waals surface area contributed by atoms with Gasteiger partial charge in [-0.3, -0.25) is 0 Å². The van der Waals surface area contributed by atoms with Crippen LogP contribution in [-0.2, 0) is 4.74 Å². The van der Waals surface area contributed by atoms with E-state index in [2.05, 4.69) is 6.92 Å². The van der Waals surface area contributed by atoms with Crippen LogP contribution in [0, 0.1) is 11.8 Å². The monoisotopic (exact) mass is 211 g/mol. The summed E-state index contributed by atoms with van der Waals surface area (Å²) in [5.41, 5.74) is 6.31. The topological polar surface area (TPSA) is 35.2 Å². The Kier molecular flexibility index (Phi) is 4.04. The fourth-order valence-electron chi connectivity index (χ4n) is 3.20. The number of hydrogen-bond donors (Lipinski definition) is 1. The van der Waals surface area contributed by atoms with Crippen molar-refractivity contribution in [2.75, 3.05) is 6.61 Å². The Balaban J connectivity index is 1.76. The molecule has 0 amide bonds. The van der Waals surface area contributed by atoms with E-state index in [1.54, 1.807) is 0 Å². The highest BCUT2D eigenvalue weighted by atomic mass is 16.5. The van der Waals surface area contributed by atoms with E-state index in [0.29, 0.717) is 12.1 Å². The Hall–Kier alpha value is -0.0800. The smallest absolute Gasteiger partial charge is 0.0590 e. The minimum atomic E-state index is 0.385. The first-order valence-electron chi connectivity index (χ1n) is 6.63. The molecule has 2 fully saturated rings. The van der Waals surface area contributed by atoms with Crippen LogP contribution in [-0.4, -0.2) is 18.8 Å². The highest BCUT2D eigenvalue weighted by molar-refractivity contribution is 4.82. The number of rotatable bonds is 3. The molecule has 0 aromatic carbocycles. The first-order chi connectivity index (χ1) is 7.25. The van der Waals surface area contributed by atoms with Gasteiger partial charge in [-0.15, -0.1) is 0 Å². The number of hydrogen-bond acceptors (Lipinski definition) is 2. The largest absolute Gasteiger partial charge is 0.378 e. The zero-order valence-corrected chi connectivity index (χ0v) is 9.95. The fraction of sp³-hybridized carbons (Fsp3) is 1.00. The molecule has 15 heavy (non-hydrogen) atoms. The minimum absolute atomic E-state index is 0.385. The van der Waals surface area contributed by atoms with Gasteiger partial charge >= 0.3 is 0 Å². The van der Waals surface area contributed by atoms with E-state index in [-0.39, 0.29) is 0 Å². The molecule has 0 spiro atoms. The average Bonchev–Trinajstić information content (AvgIpc) is 2.70. The van der Waals surface area contributed by atoms with Gasteiger partial charge in [0.25, 0.3) is 0 Å². The molecular formula is C13H25NO. The van der Waals surface area contributed by atoms with Crippen LogP contribution in [0.5, 0.6) is 0 Å². The van der Waals surface area contributed by atoms with E-state index < -0.39 is 0 Å². The van der Waals surface area contributed by atoms with Crippen LogP contribution >= 0.6 is 0 Å². The molecule has 1 aliphatic heterocycles. The molecule has 0 radical (unpaired) electrons. The van der Waals surface area contributed by atoms with Crippen molar-refractivity contribution in [3.05, 3.63) is 0 Å². The molecular weight excluding hydrogens is 186 g/mol. The molecule has 88 valence electrons. The molecule has 0 aromatic heterocycles. The zero-order chi connectivity index (χ0) is 10.7. The van der Waals surface area contributed by atoms with Gasteiger partial charge in [-0.1, -0.05) is 19.8 Å². The van der Waals surface area contributed by atoms with Crippen LogP contribution in [0.2, 0.25) is 0 Å². The summed E-state index contributed by atoms with van der Waals surface area (Å²) in [6, 6.07) is 0.385. The molecule has 1 saturated heterocycles. The minimum Gasteiger partial charge on any atom is -0.378 e. The molecule has 2 rings (SSSR count). The normalized spacial score (nSPS) is 39.2. The Morgan fingerprint density at radius 2 is 2.13 bits per heavy atom. The Morgan fingerprint density at radius 1 is 1.27 bits per heavy atom. The maximum Gasteiger partial charge on any atom is 0.0590 e. The second-order valence-electron chi connectivity index (χ2n) is 5.57. The molecule has 2 nitrogen and oxygen atoms in total. The van der Waals surface area contributed by atoms with Gasteiger partial charge in [0.2, 0.25) is 0 Å². The first kappa shape index (κ1) is 11.4. The molecule has 1 aliphatic carbocycles. The summed E-state index contributed by atoms with van der Waals surface area (Å²) in [5.74, 6) is 1.65. The van der Waals surface area contributed by atoms with Crippen molar-refractivity contribution >= 4 is 0 Å². The maximum absolute atomic E-state index is 6.31. The lowest BCUT2D eigenvalue weighted by Crippen LogP contribution is -2.36. The molecule has 0 bridgehead atoms. The Morgan fingerprint density at radius 3 is 2.80 bits per heavy atom. The summed E-state index contributed by atoms with van der Waals surface area (Å²) >= 11 is 0. The molecule has 4 unspecified atom stereocenters. The van der Waals surface area contributed by atoms with Gasteiger partial charge in [0.15, 0.2) is 0 Å². The molecule has 2 aliphatic rings. The van der Waals surface area contributed by atoms with Crippen LogP contribution in [0.3, 0.4) is 0 Å². The molecule has 0 aromatic rings. The van der Waals surface area contributed by atoms with Crippen LogP contribution in [0.15, 0.2) is 0 Å². The van der Waals surface area contributed by atoms with Gasteiger partial charge in [-0.25, -0.2) is 0 Å². The van der Waals surface area contributed by atoms with Crippen molar-refractivity contribution < 1.29 is 4.74 Å². The summed E-state index contributed by atoms with van der Waals surface area (Å²) in [6.07, 6.45) is 9.50. The molecule has 2 N–H and O–H groups in total. The van der Waals surface area contributed by atoms with Gasteiger partial charge < -0.3 is 10.5 Å². The third-order valence-corrected chi connectivity index (χ3v) is 4.14. The van der Waals surface area contributed by atoms with E-state index in [1.165, 1.54) is 38.5 Å². The SMILES string of the molecule is CC1CCCC(C(N)CC2CCCO2)C1. The van der Waals surface area contributed by atoms with Crippen molar-refractivity contribution in [3.63, 3.8) is 0 Å². The lowest BCUT2D eigenvalue weighted by Gasteiger charge is -2.32. The summed E-state index contributed by atoms with van der Waals surface area (Å²) in [5, 5.41) is 0. The van der Waals surface area contributed by atoms with Gasteiger partial charge in [0, 0.05) is 12.6 Å². The number of ether oxygens (including phenoxy) is 1. The Bertz CT molecular complexity index is 189. The maximum atomic E-state index is 6.31. The van der Waals surface area contributed by atoms with Gasteiger partial charge in [-0.05, 0) is 43.9 Å². The van der Waals surface area contributed by atoms with Gasteiger partial charge in [-0.2, -0.15) is 0 Å². The van der Waals surface area contributed by atoms with E-state index in [9.17, 15) is 0 Å². The van der Waals surface area contributed by atoms with E-state index >= 15 is 0 Å². The zero-order valence-electron chi connectivity index (χ0n) is 9.95. The highest BCUT2D eigenvalue weighted by Gasteiger charge is 2.27. The van der Waals surface area contributed by atoms with Crippen molar-refractivity contribution in [2.24, 2.45) is 17.6 Å². The van der Waals surface area contributed by atoms with E-state index in [0.717, 1.165) is 24.9 Å². The van der Waals surface area contributed by atoms with Crippen molar-refractivity contribution in [1.29, 1.82) is 0 Å². The van der Waals surface area contributed by atoms with Crippen LogP contribution in [0.25, 0.3) is 0 Å². The lowest BCUT2D eigenvalue weighted by atomic mass is 9.77. The molecule has 2 heteroatoms. The van der Waals surface area contributed by atoms with Crippen molar-refractivity contribution in [1.82, 2.24) is 0 Å². The first-order valence-corrected chi connectivity index (χ1v) is 6.63. The molecule has 1 heterocycles. The van der Waals surface area contributed by atoms with Gasteiger partial charge in [0.05, 0.1) is 6.10 Å². The van der Waals surface area contributed by atoms with E-state index in [1.807, 2.05) is 0 Å². The second kappa shape index (κ2) is 5.31. The van der Waals surface area contributed by atoms with Crippen LogP contribution in [0.1, 0.15) is 51.9 Å². The summed E-state index contributed by atoms with van der Waals surface area (Å²) in [4.78, 5) is 0. The number of nitrogens with two attached hydrogens (primary N) is 1. The average molecular weight is 211 g/mol. The predicted octanol–water partition coefficient (Wildman–Crippen LogP) is 2.71. The summed E-state index contributed by atoms with van der Waals surface area (Å²) in [7, 11) is 0. The predicted molar refractivity (Wildman–Crippen MR) is 62.7 cm³/mol. The summed E-state index contributed by atoms with van der Waals surface area (Å²) in [6.45, 7) is 3.32. The molecule has 4 atom stereocenters. The summed E-state index contributed by atoms with van der Waals surface area (Å²) < 4.78 is 5.66. The van der Waals surface area contributed by atoms with E-state index in [4.69, 9.17) is 10.5 Å². The third-order valence-electron chi connectivity index (χ3n) is 4.14. The van der Waals surface area contributed by atoms with Crippen LogP contribution < -0.4 is 5.73 Å². The third kappa shape index (κ3) is 3.18. The van der Waals surface area contributed by atoms with Crippen molar-refractivity contribution in [3.8, 4) is 0 Å². The van der Waals surface area contributed by atoms with Gasteiger partial charge in [0.1, 0.15) is 0 Å². The standard InChI is InChI=1S/C13H25NO/c1-10-4-2-5-11(8-10)13(14)9-12-6-3-7-15-12/h10-13H,2-9,14H2,1H3. The Labute approximate surface area is 93.6 Å². The second-order valence-corrected chi connectivity index (χ2v) is 5.57. The molecule has 1 saturated carbocycles. The highest BCUT2D eigenvalue weighted by Crippen LogP contribution is 2.32. The fourth-order valence-corrected chi connectivity index (χ4v) is 3.20. The van der Waals surface area contributed by atoms with Crippen molar-refractivity contribution in [2.45, 2.75) is 64.0 Å². The van der Waals surface area contributed by atoms with Crippen LogP contribution in [0.4, 0.5) is 0 Å². The quantitative estimate of drug-likeness (QED) is 0.779.